The Morgan fingerprint density at radius 1 is 1.21 bits per heavy atom. The summed E-state index contributed by atoms with van der Waals surface area (Å²) in [4.78, 5) is 12.4. The first-order chi connectivity index (χ1) is 14.0. The number of benzene rings is 2. The van der Waals surface area contributed by atoms with Gasteiger partial charge in [0.2, 0.25) is 0 Å². The molecule has 0 aliphatic heterocycles. The normalized spacial score (nSPS) is 10.6. The van der Waals surface area contributed by atoms with Crippen LogP contribution in [0.5, 0.6) is 17.2 Å². The Morgan fingerprint density at radius 3 is 2.62 bits per heavy atom. The molecule has 0 heterocycles. The molecule has 6 nitrogen and oxygen atoms in total. The van der Waals surface area contributed by atoms with Gasteiger partial charge in [0, 0.05) is 18.2 Å². The van der Waals surface area contributed by atoms with Crippen molar-refractivity contribution < 1.29 is 19.0 Å². The summed E-state index contributed by atoms with van der Waals surface area (Å²) < 4.78 is 15.9. The Morgan fingerprint density at radius 2 is 2.00 bits per heavy atom. The number of methoxy groups -OCH3 is 2. The van der Waals surface area contributed by atoms with E-state index >= 15 is 0 Å². The van der Waals surface area contributed by atoms with Gasteiger partial charge in [-0.1, -0.05) is 30.3 Å². The first-order valence-corrected chi connectivity index (χ1v) is 9.04. The van der Waals surface area contributed by atoms with Crippen molar-refractivity contribution in [2.45, 2.75) is 6.54 Å². The lowest BCUT2D eigenvalue weighted by molar-refractivity contribution is -0.117. The van der Waals surface area contributed by atoms with Crippen molar-refractivity contribution in [3.05, 3.63) is 70.8 Å². The highest BCUT2D eigenvalue weighted by molar-refractivity contribution is 6.32. The van der Waals surface area contributed by atoms with Crippen molar-refractivity contribution in [2.75, 3.05) is 20.8 Å². The summed E-state index contributed by atoms with van der Waals surface area (Å²) in [6.45, 7) is 4.10. The Balaban J connectivity index is 2.12. The van der Waals surface area contributed by atoms with Gasteiger partial charge in [0.1, 0.15) is 35.5 Å². The van der Waals surface area contributed by atoms with Crippen molar-refractivity contribution in [1.82, 2.24) is 5.32 Å². The summed E-state index contributed by atoms with van der Waals surface area (Å²) in [5, 5.41) is 12.5. The van der Waals surface area contributed by atoms with Crippen LogP contribution < -0.4 is 19.5 Å². The topological polar surface area (TPSA) is 80.6 Å². The van der Waals surface area contributed by atoms with Crippen LogP contribution in [0.3, 0.4) is 0 Å². The van der Waals surface area contributed by atoms with Gasteiger partial charge in [0.15, 0.2) is 0 Å². The second-order valence-corrected chi connectivity index (χ2v) is 6.23. The Labute approximate surface area is 175 Å². The molecule has 1 amide bonds. The largest absolute Gasteiger partial charge is 0.497 e. The standard InChI is InChI=1S/C22H21ClN2O4/c1-4-9-29-20-8-5-15(11-19(20)23)10-17(13-24)22(26)25-14-16-6-7-18(27-2)12-21(16)28-3/h4-8,10-12H,1,9,14H2,2-3H3,(H,25,26)/b17-10+. The third kappa shape index (κ3) is 6.03. The van der Waals surface area contributed by atoms with E-state index in [-0.39, 0.29) is 12.1 Å². The van der Waals surface area contributed by atoms with Gasteiger partial charge >= 0.3 is 0 Å². The lowest BCUT2D eigenvalue weighted by Crippen LogP contribution is -2.24. The lowest BCUT2D eigenvalue weighted by Gasteiger charge is -2.11. The van der Waals surface area contributed by atoms with Gasteiger partial charge in [-0.15, -0.1) is 0 Å². The van der Waals surface area contributed by atoms with Crippen LogP contribution in [0.25, 0.3) is 6.08 Å². The number of nitriles is 1. The molecule has 2 aromatic rings. The average molecular weight is 413 g/mol. The molecule has 1 N–H and O–H groups in total. The fourth-order valence-electron chi connectivity index (χ4n) is 2.46. The van der Waals surface area contributed by atoms with Gasteiger partial charge in [-0.05, 0) is 35.9 Å². The molecule has 0 saturated carbocycles. The van der Waals surface area contributed by atoms with Gasteiger partial charge in [0.25, 0.3) is 5.91 Å². The quantitative estimate of drug-likeness (QED) is 0.380. The minimum atomic E-state index is -0.506. The van der Waals surface area contributed by atoms with E-state index in [1.165, 1.54) is 13.2 Å². The van der Waals surface area contributed by atoms with Crippen LogP contribution in [0.15, 0.2) is 54.6 Å². The Bertz CT molecular complexity index is 964. The predicted molar refractivity (Wildman–Crippen MR) is 112 cm³/mol. The fraction of sp³-hybridized carbons (Fsp3) is 0.182. The number of carbonyl (C=O) groups is 1. The van der Waals surface area contributed by atoms with Crippen LogP contribution in [0.2, 0.25) is 5.02 Å². The van der Waals surface area contributed by atoms with Crippen LogP contribution in [0.1, 0.15) is 11.1 Å². The number of nitrogens with one attached hydrogen (secondary N) is 1. The summed E-state index contributed by atoms with van der Waals surface area (Å²) in [7, 11) is 3.09. The molecular weight excluding hydrogens is 392 g/mol. The molecule has 0 atom stereocenters. The second kappa shape index (κ2) is 10.8. The molecule has 0 bridgehead atoms. The molecule has 0 unspecified atom stereocenters. The van der Waals surface area contributed by atoms with Crippen molar-refractivity contribution in [3.8, 4) is 23.3 Å². The summed E-state index contributed by atoms with van der Waals surface area (Å²) in [6, 6.07) is 12.2. The van der Waals surface area contributed by atoms with E-state index in [1.54, 1.807) is 49.6 Å². The van der Waals surface area contributed by atoms with Gasteiger partial charge in [0.05, 0.1) is 19.2 Å². The summed E-state index contributed by atoms with van der Waals surface area (Å²) >= 11 is 6.17. The summed E-state index contributed by atoms with van der Waals surface area (Å²) in [6.07, 6.45) is 3.07. The van der Waals surface area contributed by atoms with E-state index < -0.39 is 5.91 Å². The van der Waals surface area contributed by atoms with E-state index in [2.05, 4.69) is 11.9 Å². The molecule has 0 fully saturated rings. The minimum Gasteiger partial charge on any atom is -0.497 e. The van der Waals surface area contributed by atoms with Crippen LogP contribution in [0.4, 0.5) is 0 Å². The van der Waals surface area contributed by atoms with E-state index in [0.717, 1.165) is 5.56 Å². The van der Waals surface area contributed by atoms with Gasteiger partial charge in [-0.2, -0.15) is 5.26 Å². The van der Waals surface area contributed by atoms with Gasteiger partial charge in [-0.3, -0.25) is 4.79 Å². The van der Waals surface area contributed by atoms with E-state index in [9.17, 15) is 10.1 Å². The number of halogens is 1. The molecule has 0 spiro atoms. The Hall–Kier alpha value is -3.43. The number of hydrogen-bond donors (Lipinski definition) is 1. The highest BCUT2D eigenvalue weighted by Gasteiger charge is 2.12. The number of nitrogens with zero attached hydrogens (tertiary/aromatic N) is 1. The van der Waals surface area contributed by atoms with E-state index in [0.29, 0.717) is 34.4 Å². The first kappa shape index (κ1) is 21.9. The average Bonchev–Trinajstić information content (AvgIpc) is 2.74. The third-order valence-electron chi connectivity index (χ3n) is 3.92. The van der Waals surface area contributed by atoms with Crippen LogP contribution in [-0.4, -0.2) is 26.7 Å². The third-order valence-corrected chi connectivity index (χ3v) is 4.22. The number of ether oxygens (including phenoxy) is 3. The monoisotopic (exact) mass is 412 g/mol. The van der Waals surface area contributed by atoms with E-state index in [4.69, 9.17) is 25.8 Å². The zero-order chi connectivity index (χ0) is 21.2. The van der Waals surface area contributed by atoms with Gasteiger partial charge in [-0.25, -0.2) is 0 Å². The molecule has 0 aromatic heterocycles. The highest BCUT2D eigenvalue weighted by Crippen LogP contribution is 2.27. The molecule has 2 aromatic carbocycles. The number of rotatable bonds is 9. The van der Waals surface area contributed by atoms with Crippen molar-refractivity contribution in [3.63, 3.8) is 0 Å². The molecule has 0 aliphatic rings. The number of carbonyl (C=O) groups excluding carboxylic acids is 1. The number of hydrogen-bond acceptors (Lipinski definition) is 5. The maximum Gasteiger partial charge on any atom is 0.262 e. The molecule has 0 aliphatic carbocycles. The van der Waals surface area contributed by atoms with Crippen LogP contribution in [0, 0.1) is 11.3 Å². The first-order valence-electron chi connectivity index (χ1n) is 8.66. The zero-order valence-electron chi connectivity index (χ0n) is 16.2. The maximum atomic E-state index is 12.4. The van der Waals surface area contributed by atoms with Crippen molar-refractivity contribution >= 4 is 23.6 Å². The fourth-order valence-corrected chi connectivity index (χ4v) is 2.70. The van der Waals surface area contributed by atoms with E-state index in [1.807, 2.05) is 6.07 Å². The van der Waals surface area contributed by atoms with Crippen molar-refractivity contribution in [1.29, 1.82) is 5.26 Å². The SMILES string of the molecule is C=CCOc1ccc(/C=C(\C#N)C(=O)NCc2ccc(OC)cc2OC)cc1Cl. The summed E-state index contributed by atoms with van der Waals surface area (Å²) in [5.74, 6) is 1.22. The molecular formula is C22H21ClN2O4. The Kier molecular flexibility index (Phi) is 8.13. The lowest BCUT2D eigenvalue weighted by atomic mass is 10.1. The van der Waals surface area contributed by atoms with Crippen LogP contribution >= 0.6 is 11.6 Å². The van der Waals surface area contributed by atoms with Gasteiger partial charge < -0.3 is 19.5 Å². The predicted octanol–water partition coefficient (Wildman–Crippen LogP) is 4.15. The molecule has 0 saturated heterocycles. The molecule has 29 heavy (non-hydrogen) atoms. The maximum absolute atomic E-state index is 12.4. The summed E-state index contributed by atoms with van der Waals surface area (Å²) in [5.41, 5.74) is 1.31. The molecule has 150 valence electrons. The molecule has 2 rings (SSSR count). The highest BCUT2D eigenvalue weighted by atomic mass is 35.5. The second-order valence-electron chi connectivity index (χ2n) is 5.82. The van der Waals surface area contributed by atoms with Crippen molar-refractivity contribution in [2.24, 2.45) is 0 Å². The zero-order valence-corrected chi connectivity index (χ0v) is 17.0. The molecule has 7 heteroatoms. The molecule has 0 radical (unpaired) electrons. The smallest absolute Gasteiger partial charge is 0.262 e. The van der Waals surface area contributed by atoms with Crippen LogP contribution in [-0.2, 0) is 11.3 Å². The minimum absolute atomic E-state index is 0.0479. The number of amides is 1.